The molecule has 3 saturated carbocycles. The lowest BCUT2D eigenvalue weighted by atomic mass is 9.44. The second-order valence-electron chi connectivity index (χ2n) is 13.3. The Kier molecular flexibility index (Phi) is 6.26. The third-order valence-corrected chi connectivity index (χ3v) is 10.7. The highest BCUT2D eigenvalue weighted by Crippen LogP contribution is 2.69. The molecule has 0 unspecified atom stereocenters. The second kappa shape index (κ2) is 8.06. The van der Waals surface area contributed by atoms with Crippen molar-refractivity contribution in [3.8, 4) is 0 Å². The monoisotopic (exact) mass is 496 g/mol. The van der Waals surface area contributed by atoms with Crippen molar-refractivity contribution in [3.63, 3.8) is 0 Å². The number of hydrogen-bond acceptors (Lipinski definition) is 8. The Morgan fingerprint density at radius 2 is 1.57 bits per heavy atom. The highest BCUT2D eigenvalue weighted by atomic mass is 16.3. The Hall–Kier alpha value is -0.870. The molecule has 0 aromatic carbocycles. The van der Waals surface area contributed by atoms with E-state index in [1.54, 1.807) is 27.7 Å². The van der Waals surface area contributed by atoms with Crippen molar-refractivity contribution < 1.29 is 40.5 Å². The van der Waals surface area contributed by atoms with Gasteiger partial charge < -0.3 is 35.7 Å². The van der Waals surface area contributed by atoms with Gasteiger partial charge in [0.25, 0.3) is 0 Å². The van der Waals surface area contributed by atoms with E-state index < -0.39 is 63.2 Å². The normalized spacial score (nSPS) is 48.3. The average molecular weight is 497 g/mol. The van der Waals surface area contributed by atoms with Crippen LogP contribution in [0.5, 0.6) is 0 Å². The van der Waals surface area contributed by atoms with Gasteiger partial charge in [-0.1, -0.05) is 13.8 Å². The van der Waals surface area contributed by atoms with Gasteiger partial charge in [0.05, 0.1) is 35.1 Å². The molecular formula is C27H44O8. The lowest BCUT2D eigenvalue weighted by molar-refractivity contribution is -0.211. The number of rotatable bonds is 5. The standard InChI is InChI=1S/C27H44O8/c1-22(2,32)9-8-20(30)25(5,33)19-7-11-26(34)16-12-21(31)27(35)14-18(29)17(28)13-24(27,4)15(16)6-10-23(19,26)3/h12,15,17-20,28-30,32-35H,6-11,13-14H2,1-5H3/t15-,17-,18+,19-,20+,23-,24-,25-,26+,27-/m1/s1. The van der Waals surface area contributed by atoms with Crippen molar-refractivity contribution >= 4 is 5.78 Å². The Morgan fingerprint density at radius 1 is 0.971 bits per heavy atom. The third kappa shape index (κ3) is 3.70. The van der Waals surface area contributed by atoms with E-state index in [1.807, 2.05) is 6.92 Å². The van der Waals surface area contributed by atoms with Crippen molar-refractivity contribution in [2.24, 2.45) is 22.7 Å². The largest absolute Gasteiger partial charge is 0.390 e. The summed E-state index contributed by atoms with van der Waals surface area (Å²) in [6.45, 7) is 8.58. The molecule has 0 aliphatic heterocycles. The molecule has 0 saturated heterocycles. The lowest BCUT2D eigenvalue weighted by Gasteiger charge is -2.62. The van der Waals surface area contributed by atoms with E-state index >= 15 is 0 Å². The maximum Gasteiger partial charge on any atom is 0.187 e. The Balaban J connectivity index is 1.70. The van der Waals surface area contributed by atoms with E-state index in [-0.39, 0.29) is 25.2 Å². The van der Waals surface area contributed by atoms with Crippen molar-refractivity contribution in [3.05, 3.63) is 11.6 Å². The van der Waals surface area contributed by atoms with Gasteiger partial charge in [-0.3, -0.25) is 4.79 Å². The number of ketones is 1. The van der Waals surface area contributed by atoms with Crippen molar-refractivity contribution in [1.82, 2.24) is 0 Å². The minimum Gasteiger partial charge on any atom is -0.390 e. The molecule has 0 aromatic heterocycles. The summed E-state index contributed by atoms with van der Waals surface area (Å²) in [7, 11) is 0. The topological polar surface area (TPSA) is 159 Å². The van der Waals surface area contributed by atoms with Gasteiger partial charge >= 0.3 is 0 Å². The maximum absolute atomic E-state index is 13.3. The summed E-state index contributed by atoms with van der Waals surface area (Å²) in [5.41, 5.74) is -7.07. The highest BCUT2D eigenvalue weighted by molar-refractivity contribution is 6.00. The molecule has 0 aromatic rings. The van der Waals surface area contributed by atoms with E-state index in [1.165, 1.54) is 6.08 Å². The molecule has 4 aliphatic carbocycles. The van der Waals surface area contributed by atoms with Gasteiger partial charge in [-0.25, -0.2) is 0 Å². The van der Waals surface area contributed by atoms with E-state index in [9.17, 15) is 40.5 Å². The number of carbonyl (C=O) groups is 1. The summed E-state index contributed by atoms with van der Waals surface area (Å²) in [4.78, 5) is 13.3. The fourth-order valence-corrected chi connectivity index (χ4v) is 8.31. The van der Waals surface area contributed by atoms with Crippen molar-refractivity contribution in [2.75, 3.05) is 0 Å². The first-order valence-corrected chi connectivity index (χ1v) is 13.0. The SMILES string of the molecule is CC(C)(O)CC[C@H](O)[C@](C)(O)[C@@H]1CC[C@]2(O)C3=CC(=O)[C@]4(O)C[C@H](O)[C@H](O)C[C@]4(C)[C@@H]3CC[C@]12C. The van der Waals surface area contributed by atoms with Crippen LogP contribution in [0.2, 0.25) is 0 Å². The Labute approximate surface area is 207 Å². The molecule has 0 radical (unpaired) electrons. The zero-order valence-corrected chi connectivity index (χ0v) is 21.7. The van der Waals surface area contributed by atoms with Crippen LogP contribution in [0, 0.1) is 22.7 Å². The van der Waals surface area contributed by atoms with E-state index in [2.05, 4.69) is 0 Å². The van der Waals surface area contributed by atoms with Crippen LogP contribution in [0.25, 0.3) is 0 Å². The summed E-state index contributed by atoms with van der Waals surface area (Å²) in [5.74, 6) is -1.38. The first-order chi connectivity index (χ1) is 15.8. The van der Waals surface area contributed by atoms with Crippen LogP contribution >= 0.6 is 0 Å². The molecule has 0 spiro atoms. The van der Waals surface area contributed by atoms with Gasteiger partial charge in [-0.2, -0.15) is 0 Å². The quantitative estimate of drug-likeness (QED) is 0.297. The summed E-state index contributed by atoms with van der Waals surface area (Å²) in [6.07, 6.45) is 0.0884. The number of aliphatic hydroxyl groups excluding tert-OH is 3. The molecule has 7 N–H and O–H groups in total. The third-order valence-electron chi connectivity index (χ3n) is 10.7. The molecule has 3 fully saturated rings. The predicted molar refractivity (Wildman–Crippen MR) is 128 cm³/mol. The molecule has 0 heterocycles. The van der Waals surface area contributed by atoms with Crippen LogP contribution in [0.1, 0.15) is 86.0 Å². The van der Waals surface area contributed by atoms with Crippen LogP contribution in [0.15, 0.2) is 11.6 Å². The van der Waals surface area contributed by atoms with Gasteiger partial charge in [0.15, 0.2) is 5.78 Å². The van der Waals surface area contributed by atoms with Crippen LogP contribution in [0.4, 0.5) is 0 Å². The number of carbonyl (C=O) groups excluding carboxylic acids is 1. The van der Waals surface area contributed by atoms with Crippen LogP contribution in [0.3, 0.4) is 0 Å². The Morgan fingerprint density at radius 3 is 2.17 bits per heavy atom. The van der Waals surface area contributed by atoms with Crippen LogP contribution in [-0.2, 0) is 4.79 Å². The number of hydrogen-bond donors (Lipinski definition) is 7. The van der Waals surface area contributed by atoms with Crippen LogP contribution < -0.4 is 0 Å². The van der Waals surface area contributed by atoms with Crippen LogP contribution in [-0.4, -0.2) is 82.2 Å². The van der Waals surface area contributed by atoms with Gasteiger partial charge in [0.1, 0.15) is 5.60 Å². The molecule has 0 amide bonds. The van der Waals surface area contributed by atoms with Gasteiger partial charge in [0, 0.05) is 17.3 Å². The first-order valence-electron chi connectivity index (χ1n) is 13.0. The summed E-state index contributed by atoms with van der Waals surface area (Å²) in [6, 6.07) is 0. The smallest absolute Gasteiger partial charge is 0.187 e. The maximum atomic E-state index is 13.3. The molecule has 4 rings (SSSR count). The van der Waals surface area contributed by atoms with Crippen molar-refractivity contribution in [2.45, 2.75) is 127 Å². The predicted octanol–water partition coefficient (Wildman–Crippen LogP) is 0.969. The fraction of sp³-hybridized carbons (Fsp3) is 0.889. The molecule has 10 atom stereocenters. The molecule has 0 bridgehead atoms. The molecule has 200 valence electrons. The molecule has 4 aliphatic rings. The summed E-state index contributed by atoms with van der Waals surface area (Å²) < 4.78 is 0. The fourth-order valence-electron chi connectivity index (χ4n) is 8.31. The molecule has 35 heavy (non-hydrogen) atoms. The molecular weight excluding hydrogens is 452 g/mol. The molecule has 8 nitrogen and oxygen atoms in total. The van der Waals surface area contributed by atoms with E-state index in [4.69, 9.17) is 0 Å². The summed E-state index contributed by atoms with van der Waals surface area (Å²) in [5, 5.41) is 77.0. The zero-order chi connectivity index (χ0) is 26.4. The second-order valence-corrected chi connectivity index (χ2v) is 13.3. The van der Waals surface area contributed by atoms with E-state index in [0.29, 0.717) is 37.7 Å². The minimum absolute atomic E-state index is 0.0437. The van der Waals surface area contributed by atoms with Gasteiger partial charge in [-0.05, 0) is 89.2 Å². The Bertz CT molecular complexity index is 907. The average Bonchev–Trinajstić information content (AvgIpc) is 3.01. The summed E-state index contributed by atoms with van der Waals surface area (Å²) >= 11 is 0. The number of fused-ring (bicyclic) bond motifs is 5. The lowest BCUT2D eigenvalue weighted by Crippen LogP contribution is -2.69. The molecule has 8 heteroatoms. The highest BCUT2D eigenvalue weighted by Gasteiger charge is 2.71. The van der Waals surface area contributed by atoms with Crippen molar-refractivity contribution in [1.29, 1.82) is 0 Å². The zero-order valence-electron chi connectivity index (χ0n) is 21.7. The number of aliphatic hydroxyl groups is 7. The first kappa shape index (κ1) is 27.2. The minimum atomic E-state index is -1.82. The van der Waals surface area contributed by atoms with Gasteiger partial charge in [0.2, 0.25) is 0 Å². The van der Waals surface area contributed by atoms with Gasteiger partial charge in [-0.15, -0.1) is 0 Å². The van der Waals surface area contributed by atoms with E-state index in [0.717, 1.165) is 0 Å².